The van der Waals surface area contributed by atoms with Crippen molar-refractivity contribution in [2.45, 2.75) is 12.6 Å². The van der Waals surface area contributed by atoms with E-state index in [4.69, 9.17) is 14.2 Å². The van der Waals surface area contributed by atoms with Gasteiger partial charge in [-0.05, 0) is 65.7 Å². The van der Waals surface area contributed by atoms with Crippen molar-refractivity contribution < 1.29 is 33.4 Å². The van der Waals surface area contributed by atoms with E-state index in [0.29, 0.717) is 47.2 Å². The van der Waals surface area contributed by atoms with Crippen molar-refractivity contribution in [2.75, 3.05) is 62.2 Å². The summed E-state index contributed by atoms with van der Waals surface area (Å²) in [6, 6.07) is 21.3. The summed E-state index contributed by atoms with van der Waals surface area (Å²) in [7, 11) is 2.99. The van der Waals surface area contributed by atoms with Gasteiger partial charge in [0.05, 0.1) is 38.7 Å². The van der Waals surface area contributed by atoms with Crippen molar-refractivity contribution in [3.63, 3.8) is 0 Å². The second-order valence-electron chi connectivity index (χ2n) is 11.3. The van der Waals surface area contributed by atoms with E-state index in [0.717, 1.165) is 23.7 Å². The van der Waals surface area contributed by atoms with Crippen LogP contribution < -0.4 is 24.6 Å². The van der Waals surface area contributed by atoms with Crippen LogP contribution in [0.25, 0.3) is 0 Å². The van der Waals surface area contributed by atoms with E-state index >= 15 is 0 Å². The molecule has 0 aliphatic carbocycles. The summed E-state index contributed by atoms with van der Waals surface area (Å²) in [5.74, 6) is -1.74. The highest BCUT2D eigenvalue weighted by atomic mass is 16.5. The highest BCUT2D eigenvalue weighted by molar-refractivity contribution is 6.52. The number of rotatable bonds is 11. The average Bonchev–Trinajstić information content (AvgIpc) is 3.37. The topological polar surface area (TPSA) is 131 Å². The number of fused-ring (bicyclic) bond motifs is 1. The third kappa shape index (κ3) is 6.69. The SMILES string of the molecule is COc1ccc(C(C(=O)Nc2ccc(N3CCOCC3)cc2)N(Cc2cccnc2)C(=O)CN2C(=O)C(=O)c3ccccc32)cc1OC. The fourth-order valence-corrected chi connectivity index (χ4v) is 5.93. The Balaban J connectivity index is 1.37. The molecule has 3 heterocycles. The lowest BCUT2D eigenvalue weighted by atomic mass is 10.0. The maximum absolute atomic E-state index is 14.4. The van der Waals surface area contributed by atoms with Crippen molar-refractivity contribution in [2.24, 2.45) is 0 Å². The molecular formula is C36H35N5O7. The van der Waals surface area contributed by atoms with Crippen molar-refractivity contribution in [1.82, 2.24) is 9.88 Å². The van der Waals surface area contributed by atoms with E-state index in [-0.39, 0.29) is 12.1 Å². The largest absolute Gasteiger partial charge is 0.493 e. The quantitative estimate of drug-likeness (QED) is 0.241. The Morgan fingerprint density at radius 3 is 2.40 bits per heavy atom. The van der Waals surface area contributed by atoms with Gasteiger partial charge in [-0.1, -0.05) is 24.3 Å². The third-order valence-corrected chi connectivity index (χ3v) is 8.36. The number of hydrogen-bond donors (Lipinski definition) is 1. The normalized spacial score (nSPS) is 14.7. The molecule has 1 saturated heterocycles. The highest BCUT2D eigenvalue weighted by Gasteiger charge is 2.39. The Kier molecular flexibility index (Phi) is 9.62. The van der Waals surface area contributed by atoms with E-state index < -0.39 is 36.1 Å². The molecule has 4 aromatic rings. The summed E-state index contributed by atoms with van der Waals surface area (Å²) in [5.41, 5.74) is 3.20. The van der Waals surface area contributed by atoms with Crippen LogP contribution in [0.15, 0.2) is 91.3 Å². The summed E-state index contributed by atoms with van der Waals surface area (Å²) >= 11 is 0. The van der Waals surface area contributed by atoms with Crippen LogP contribution in [0.1, 0.15) is 27.5 Å². The molecule has 2 aliphatic heterocycles. The Bertz CT molecular complexity index is 1810. The molecule has 48 heavy (non-hydrogen) atoms. The van der Waals surface area contributed by atoms with Gasteiger partial charge in [-0.25, -0.2) is 0 Å². The molecule has 0 spiro atoms. The number of pyridine rings is 1. The lowest BCUT2D eigenvalue weighted by Gasteiger charge is -2.33. The van der Waals surface area contributed by atoms with Crippen LogP contribution >= 0.6 is 0 Å². The zero-order valence-electron chi connectivity index (χ0n) is 26.6. The molecule has 12 heteroatoms. The lowest BCUT2D eigenvalue weighted by Crippen LogP contribution is -2.46. The number of morpholine rings is 1. The molecule has 3 aromatic carbocycles. The van der Waals surface area contributed by atoms with Gasteiger partial charge in [-0.2, -0.15) is 0 Å². The van der Waals surface area contributed by atoms with E-state index in [1.165, 1.54) is 19.1 Å². The molecule has 0 saturated carbocycles. The van der Waals surface area contributed by atoms with Crippen molar-refractivity contribution in [3.05, 3.63) is 108 Å². The number of ketones is 1. The number of anilines is 3. The number of benzene rings is 3. The molecule has 0 radical (unpaired) electrons. The van der Waals surface area contributed by atoms with Gasteiger partial charge in [-0.15, -0.1) is 0 Å². The number of methoxy groups -OCH3 is 2. The Hall–Kier alpha value is -5.75. The number of Topliss-reactive ketones (excluding diaryl/α,β-unsaturated/α-hetero) is 1. The van der Waals surface area contributed by atoms with Crippen LogP contribution in [0.5, 0.6) is 11.5 Å². The summed E-state index contributed by atoms with van der Waals surface area (Å²) in [5, 5.41) is 2.98. The summed E-state index contributed by atoms with van der Waals surface area (Å²) in [6.45, 7) is 2.35. The predicted octanol–water partition coefficient (Wildman–Crippen LogP) is 3.87. The highest BCUT2D eigenvalue weighted by Crippen LogP contribution is 2.35. The van der Waals surface area contributed by atoms with Gasteiger partial charge < -0.3 is 29.3 Å². The summed E-state index contributed by atoms with van der Waals surface area (Å²) in [6.07, 6.45) is 3.22. The Morgan fingerprint density at radius 2 is 1.69 bits per heavy atom. The van der Waals surface area contributed by atoms with Crippen LogP contribution in [0.3, 0.4) is 0 Å². The Labute approximate surface area is 277 Å². The van der Waals surface area contributed by atoms with Crippen LogP contribution in [-0.2, 0) is 25.7 Å². The molecular weight excluding hydrogens is 614 g/mol. The molecule has 12 nitrogen and oxygen atoms in total. The van der Waals surface area contributed by atoms with E-state index in [1.54, 1.807) is 67.0 Å². The number of para-hydroxylation sites is 1. The van der Waals surface area contributed by atoms with Crippen LogP contribution in [0.4, 0.5) is 17.1 Å². The molecule has 1 atom stereocenters. The number of ether oxygens (including phenoxy) is 3. The fourth-order valence-electron chi connectivity index (χ4n) is 5.93. The minimum atomic E-state index is -1.19. The summed E-state index contributed by atoms with van der Waals surface area (Å²) < 4.78 is 16.4. The first kappa shape index (κ1) is 32.2. The van der Waals surface area contributed by atoms with Gasteiger partial charge in [0, 0.05) is 43.4 Å². The number of nitrogens with one attached hydrogen (secondary N) is 1. The van der Waals surface area contributed by atoms with Crippen LogP contribution in [0, 0.1) is 0 Å². The number of nitrogens with zero attached hydrogens (tertiary/aromatic N) is 4. The first-order valence-corrected chi connectivity index (χ1v) is 15.5. The fraction of sp³-hybridized carbons (Fsp3) is 0.250. The molecule has 6 rings (SSSR count). The van der Waals surface area contributed by atoms with Crippen molar-refractivity contribution in [1.29, 1.82) is 0 Å². The number of aromatic nitrogens is 1. The average molecular weight is 650 g/mol. The van der Waals surface area contributed by atoms with Crippen LogP contribution in [0.2, 0.25) is 0 Å². The maximum Gasteiger partial charge on any atom is 0.299 e. The molecule has 1 aromatic heterocycles. The molecule has 246 valence electrons. The molecule has 1 fully saturated rings. The van der Waals surface area contributed by atoms with E-state index in [9.17, 15) is 19.2 Å². The lowest BCUT2D eigenvalue weighted by molar-refractivity contribution is -0.139. The van der Waals surface area contributed by atoms with E-state index in [2.05, 4.69) is 15.2 Å². The number of carbonyl (C=O) groups is 4. The van der Waals surface area contributed by atoms with Gasteiger partial charge in [0.15, 0.2) is 11.5 Å². The zero-order valence-corrected chi connectivity index (χ0v) is 26.6. The first-order valence-electron chi connectivity index (χ1n) is 15.5. The van der Waals surface area contributed by atoms with Gasteiger partial charge in [-0.3, -0.25) is 29.1 Å². The van der Waals surface area contributed by atoms with Gasteiger partial charge in [0.25, 0.3) is 17.6 Å². The minimum Gasteiger partial charge on any atom is -0.493 e. The van der Waals surface area contributed by atoms with Gasteiger partial charge >= 0.3 is 0 Å². The molecule has 2 aliphatic rings. The number of carbonyl (C=O) groups excluding carboxylic acids is 4. The monoisotopic (exact) mass is 649 g/mol. The van der Waals surface area contributed by atoms with Crippen molar-refractivity contribution >= 4 is 40.6 Å². The maximum atomic E-state index is 14.4. The number of amides is 3. The molecule has 3 amide bonds. The zero-order chi connectivity index (χ0) is 33.6. The predicted molar refractivity (Wildman–Crippen MR) is 178 cm³/mol. The Morgan fingerprint density at radius 1 is 0.938 bits per heavy atom. The van der Waals surface area contributed by atoms with Gasteiger partial charge in [0.2, 0.25) is 5.91 Å². The molecule has 1 unspecified atom stereocenters. The second kappa shape index (κ2) is 14.3. The minimum absolute atomic E-state index is 0.0211. The first-order chi connectivity index (χ1) is 23.4. The van der Waals surface area contributed by atoms with Crippen molar-refractivity contribution in [3.8, 4) is 11.5 Å². The smallest absolute Gasteiger partial charge is 0.299 e. The standard InChI is InChI=1S/C36H35N5O7/c1-46-30-14-9-25(20-31(30)47-2)33(35(44)38-26-10-12-27(13-11-26)39-16-18-48-19-17-39)41(22-24-6-5-15-37-21-24)32(42)23-40-29-8-4-3-7-28(29)34(43)36(40)45/h3-15,20-21,33H,16-19,22-23H2,1-2H3,(H,38,44). The van der Waals surface area contributed by atoms with E-state index in [1.807, 2.05) is 24.3 Å². The summed E-state index contributed by atoms with van der Waals surface area (Å²) in [4.78, 5) is 63.5. The number of hydrogen-bond acceptors (Lipinski definition) is 9. The third-order valence-electron chi connectivity index (χ3n) is 8.36. The second-order valence-corrected chi connectivity index (χ2v) is 11.3. The molecule has 0 bridgehead atoms. The van der Waals surface area contributed by atoms with Crippen LogP contribution in [-0.4, -0.2) is 80.5 Å². The van der Waals surface area contributed by atoms with Gasteiger partial charge in [0.1, 0.15) is 12.6 Å². The molecule has 1 N–H and O–H groups in total.